The van der Waals surface area contributed by atoms with Crippen molar-refractivity contribution in [1.82, 2.24) is 4.98 Å². The van der Waals surface area contributed by atoms with E-state index in [4.69, 9.17) is 0 Å². The molecule has 2 aliphatic rings. The fourth-order valence-electron chi connectivity index (χ4n) is 4.31. The van der Waals surface area contributed by atoms with Gasteiger partial charge in [-0.1, -0.05) is 68.4 Å². The summed E-state index contributed by atoms with van der Waals surface area (Å²) in [6.07, 6.45) is 3.36. The van der Waals surface area contributed by atoms with Gasteiger partial charge in [0.05, 0.1) is 5.69 Å². The van der Waals surface area contributed by atoms with Crippen molar-refractivity contribution in [2.45, 2.75) is 107 Å². The number of rotatable bonds is 3. The third-order valence-corrected chi connectivity index (χ3v) is 5.59. The van der Waals surface area contributed by atoms with Gasteiger partial charge in [-0.15, -0.1) is 0 Å². The number of aromatic nitrogens is 1. The van der Waals surface area contributed by atoms with Gasteiger partial charge in [-0.3, -0.25) is 0 Å². The minimum Gasteiger partial charge on any atom is -0.362 e. The van der Waals surface area contributed by atoms with E-state index in [1.165, 1.54) is 22.5 Å². The molecule has 2 heteroatoms. The highest BCUT2D eigenvalue weighted by Gasteiger charge is 2.39. The molecule has 0 aromatic rings. The number of hydrogen-bond acceptors (Lipinski definition) is 1. The maximum Gasteiger partial charge on any atom is 0.0543 e. The van der Waals surface area contributed by atoms with Gasteiger partial charge in [0.1, 0.15) is 0 Å². The first-order chi connectivity index (χ1) is 12.4. The van der Waals surface area contributed by atoms with Gasteiger partial charge in [0.2, 0.25) is 0 Å². The number of nitrogens with zero attached hydrogens (tertiary/aromatic N) is 1. The molecule has 0 bridgehead atoms. The third kappa shape index (κ3) is 5.13. The molecule has 1 aliphatic carbocycles. The zero-order chi connectivity index (χ0) is 21.7. The van der Waals surface area contributed by atoms with Gasteiger partial charge in [-0.2, -0.15) is 0 Å². The molecule has 0 aromatic carbocycles. The van der Waals surface area contributed by atoms with Crippen LogP contribution in [0, 0.1) is 10.8 Å². The lowest BCUT2D eigenvalue weighted by Crippen LogP contribution is -2.55. The van der Waals surface area contributed by atoms with E-state index in [0.717, 1.165) is 6.42 Å². The first-order valence-corrected chi connectivity index (χ1v) is 10.8. The second kappa shape index (κ2) is 7.11. The first kappa shape index (κ1) is 22.8. The van der Waals surface area contributed by atoms with Crippen LogP contribution >= 0.6 is 0 Å². The highest BCUT2D eigenvalue weighted by molar-refractivity contribution is 5.73. The van der Waals surface area contributed by atoms with Crippen molar-refractivity contribution < 1.29 is 0 Å². The lowest BCUT2D eigenvalue weighted by Gasteiger charge is -2.51. The fourth-order valence-corrected chi connectivity index (χ4v) is 4.31. The van der Waals surface area contributed by atoms with Crippen molar-refractivity contribution in [3.63, 3.8) is 0 Å². The van der Waals surface area contributed by atoms with Crippen LogP contribution in [-0.2, 0) is 5.41 Å². The summed E-state index contributed by atoms with van der Waals surface area (Å²) in [5.74, 6) is 0. The van der Waals surface area contributed by atoms with E-state index in [2.05, 4.69) is 117 Å². The monoisotopic (exact) mass is 384 g/mol. The van der Waals surface area contributed by atoms with Crippen LogP contribution in [0.25, 0.3) is 11.3 Å². The van der Waals surface area contributed by atoms with Gasteiger partial charge >= 0.3 is 0 Å². The van der Waals surface area contributed by atoms with E-state index >= 15 is 0 Å². The summed E-state index contributed by atoms with van der Waals surface area (Å²) < 4.78 is 0. The molecule has 1 heterocycles. The average Bonchev–Trinajstić information content (AvgIpc) is 2.85. The van der Waals surface area contributed by atoms with Crippen molar-refractivity contribution >= 4 is 5.69 Å². The number of aromatic amines is 1. The van der Waals surface area contributed by atoms with Gasteiger partial charge in [0.25, 0.3) is 0 Å². The summed E-state index contributed by atoms with van der Waals surface area (Å²) in [5, 5.41) is 0. The highest BCUT2D eigenvalue weighted by atomic mass is 15.2. The van der Waals surface area contributed by atoms with Gasteiger partial charge < -0.3 is 9.88 Å². The predicted octanol–water partition coefficient (Wildman–Crippen LogP) is 7.87. The molecule has 158 valence electrons. The van der Waals surface area contributed by atoms with Crippen LogP contribution < -0.4 is 4.90 Å². The number of H-pyrrole nitrogens is 1. The van der Waals surface area contributed by atoms with Crippen LogP contribution in [0.1, 0.15) is 95.1 Å². The molecule has 2 rings (SSSR count). The zero-order valence-corrected chi connectivity index (χ0v) is 20.5. The predicted molar refractivity (Wildman–Crippen MR) is 126 cm³/mol. The zero-order valence-electron chi connectivity index (χ0n) is 20.5. The Kier molecular flexibility index (Phi) is 5.80. The number of fused-ring (bicyclic) bond motifs is 1. The standard InChI is InChI=1S/C26H44N2/c1-23(2,3)16-22(25(7,8)9)28(26(10,11)12)18-15-19-20(24(4,5)6)13-14-21(19)27-17-18/h13-15,17,22,27H,16H2,1-12H3. The van der Waals surface area contributed by atoms with Crippen LogP contribution in [-0.4, -0.2) is 16.6 Å². The molecule has 0 aromatic heterocycles. The Labute approximate surface area is 174 Å². The summed E-state index contributed by atoms with van der Waals surface area (Å²) in [5.41, 5.74) is 5.89. The third-order valence-electron chi connectivity index (χ3n) is 5.59. The van der Waals surface area contributed by atoms with Gasteiger partial charge in [-0.05, 0) is 61.1 Å². The van der Waals surface area contributed by atoms with E-state index in [1.54, 1.807) is 0 Å². The van der Waals surface area contributed by atoms with Crippen molar-refractivity contribution in [3.05, 3.63) is 30.0 Å². The van der Waals surface area contributed by atoms with Crippen molar-refractivity contribution in [1.29, 1.82) is 0 Å². The second-order valence-corrected chi connectivity index (χ2v) is 12.9. The van der Waals surface area contributed by atoms with Crippen molar-refractivity contribution in [3.8, 4) is 11.3 Å². The van der Waals surface area contributed by atoms with E-state index < -0.39 is 0 Å². The molecular formula is C26H44N2. The largest absolute Gasteiger partial charge is 0.362 e. The molecule has 1 atom stereocenters. The Morgan fingerprint density at radius 1 is 0.857 bits per heavy atom. The fraction of sp³-hybridized carbons (Fsp3) is 0.692. The minimum absolute atomic E-state index is 0.0270. The summed E-state index contributed by atoms with van der Waals surface area (Å²) in [6, 6.07) is 7.35. The lowest BCUT2D eigenvalue weighted by molar-refractivity contribution is 0.198. The maximum atomic E-state index is 3.59. The van der Waals surface area contributed by atoms with Gasteiger partial charge in [-0.25, -0.2) is 0 Å². The molecule has 0 amide bonds. The number of anilines is 1. The lowest BCUT2D eigenvalue weighted by atomic mass is 9.74. The Morgan fingerprint density at radius 2 is 1.43 bits per heavy atom. The van der Waals surface area contributed by atoms with E-state index in [-0.39, 0.29) is 21.8 Å². The van der Waals surface area contributed by atoms with E-state index in [0.29, 0.717) is 6.04 Å². The number of pyridine rings is 1. The SMILES string of the molecule is CC(C)(C)CC(N(c1c[nH]c2ccc(C(C)(C)C)c-2c1)C(C)(C)C)C(C)(C)C. The molecule has 0 saturated carbocycles. The highest BCUT2D eigenvalue weighted by Crippen LogP contribution is 2.43. The molecule has 0 radical (unpaired) electrons. The topological polar surface area (TPSA) is 19.0 Å². The van der Waals surface area contributed by atoms with E-state index in [1.807, 2.05) is 0 Å². The molecule has 1 unspecified atom stereocenters. The molecule has 0 spiro atoms. The van der Waals surface area contributed by atoms with Crippen LogP contribution in [0.4, 0.5) is 5.69 Å². The normalized spacial score (nSPS) is 15.1. The minimum atomic E-state index is 0.0270. The van der Waals surface area contributed by atoms with Crippen LogP contribution in [0.2, 0.25) is 0 Å². The van der Waals surface area contributed by atoms with Crippen molar-refractivity contribution in [2.24, 2.45) is 10.8 Å². The average molecular weight is 385 g/mol. The Balaban J connectivity index is 2.67. The molecule has 0 fully saturated rings. The Morgan fingerprint density at radius 3 is 1.86 bits per heavy atom. The molecule has 2 nitrogen and oxygen atoms in total. The van der Waals surface area contributed by atoms with Crippen LogP contribution in [0.15, 0.2) is 24.4 Å². The smallest absolute Gasteiger partial charge is 0.0543 e. The van der Waals surface area contributed by atoms with Crippen LogP contribution in [0.3, 0.4) is 0 Å². The summed E-state index contributed by atoms with van der Waals surface area (Å²) in [7, 11) is 0. The van der Waals surface area contributed by atoms with Crippen molar-refractivity contribution in [2.75, 3.05) is 4.90 Å². The quantitative estimate of drug-likeness (QED) is 0.570. The molecule has 28 heavy (non-hydrogen) atoms. The summed E-state index contributed by atoms with van der Waals surface area (Å²) in [6.45, 7) is 28.1. The van der Waals surface area contributed by atoms with Gasteiger partial charge in [0.15, 0.2) is 0 Å². The molecule has 1 N–H and O–H groups in total. The maximum absolute atomic E-state index is 3.59. The van der Waals surface area contributed by atoms with E-state index in [9.17, 15) is 0 Å². The summed E-state index contributed by atoms with van der Waals surface area (Å²) >= 11 is 0. The molecule has 1 aliphatic heterocycles. The second-order valence-electron chi connectivity index (χ2n) is 12.9. The summed E-state index contributed by atoms with van der Waals surface area (Å²) in [4.78, 5) is 6.25. The molecular weight excluding hydrogens is 340 g/mol. The van der Waals surface area contributed by atoms with Crippen LogP contribution in [0.5, 0.6) is 0 Å². The molecule has 0 saturated heterocycles. The Hall–Kier alpha value is -1.44. The number of nitrogens with one attached hydrogen (secondary N) is 1. The Bertz CT molecular complexity index is 754. The first-order valence-electron chi connectivity index (χ1n) is 10.8. The number of hydrogen-bond donors (Lipinski definition) is 1. The van der Waals surface area contributed by atoms with Gasteiger partial charge in [0, 0.05) is 29.0 Å².